The van der Waals surface area contributed by atoms with Crippen LogP contribution < -0.4 is 5.73 Å². The number of hydrogen-bond donors (Lipinski definition) is 1. The van der Waals surface area contributed by atoms with Gasteiger partial charge in [0.25, 0.3) is 5.91 Å². The standard InChI is InChI=1S/C6H14N2O2/c1-5(6(7)9)10-8(2,3)4/h5H,1-4H3,(H-,7,9)/p+1. The summed E-state index contributed by atoms with van der Waals surface area (Å²) in [4.78, 5) is 15.6. The summed E-state index contributed by atoms with van der Waals surface area (Å²) in [6.45, 7) is 1.63. The van der Waals surface area contributed by atoms with E-state index in [1.165, 1.54) is 0 Å². The minimum Gasteiger partial charge on any atom is -0.367 e. The molecule has 0 saturated heterocycles. The first-order valence-corrected chi connectivity index (χ1v) is 3.12. The van der Waals surface area contributed by atoms with Crippen molar-refractivity contribution in [3.05, 3.63) is 0 Å². The quantitative estimate of drug-likeness (QED) is 0.432. The molecule has 60 valence electrons. The molecule has 0 spiro atoms. The van der Waals surface area contributed by atoms with Crippen molar-refractivity contribution in [3.63, 3.8) is 0 Å². The Hall–Kier alpha value is -0.610. The molecule has 0 saturated carbocycles. The zero-order valence-electron chi connectivity index (χ0n) is 6.92. The van der Waals surface area contributed by atoms with E-state index < -0.39 is 12.0 Å². The van der Waals surface area contributed by atoms with Gasteiger partial charge in [-0.1, -0.05) is 0 Å². The number of quaternary nitrogens is 1. The van der Waals surface area contributed by atoms with Crippen LogP contribution in [0.5, 0.6) is 0 Å². The highest BCUT2D eigenvalue weighted by molar-refractivity contribution is 5.78. The van der Waals surface area contributed by atoms with Crippen molar-refractivity contribution in [2.24, 2.45) is 5.73 Å². The summed E-state index contributed by atoms with van der Waals surface area (Å²) in [6.07, 6.45) is -0.528. The SMILES string of the molecule is CC(O[N+](C)(C)C)C(N)=O. The summed E-state index contributed by atoms with van der Waals surface area (Å²) in [7, 11) is 5.46. The predicted octanol–water partition coefficient (Wildman–Crippen LogP) is -0.502. The van der Waals surface area contributed by atoms with Crippen molar-refractivity contribution in [1.29, 1.82) is 0 Å². The van der Waals surface area contributed by atoms with Gasteiger partial charge in [0, 0.05) is 0 Å². The molecule has 0 aliphatic heterocycles. The number of primary amides is 1. The monoisotopic (exact) mass is 147 g/mol. The molecular weight excluding hydrogens is 132 g/mol. The Morgan fingerprint density at radius 2 is 1.90 bits per heavy atom. The normalized spacial score (nSPS) is 14.8. The summed E-state index contributed by atoms with van der Waals surface area (Å²) in [5, 5.41) is 0. The van der Waals surface area contributed by atoms with Crippen molar-refractivity contribution in [2.45, 2.75) is 13.0 Å². The molecule has 0 aromatic heterocycles. The van der Waals surface area contributed by atoms with Crippen LogP contribution in [0.4, 0.5) is 0 Å². The summed E-state index contributed by atoms with van der Waals surface area (Å²) in [5.41, 5.74) is 4.97. The largest absolute Gasteiger partial charge is 0.367 e. The number of hydroxylamine groups is 3. The van der Waals surface area contributed by atoms with Gasteiger partial charge in [0.15, 0.2) is 6.10 Å². The maximum atomic E-state index is 10.5. The van der Waals surface area contributed by atoms with Crippen LogP contribution in [-0.4, -0.2) is 37.8 Å². The molecule has 0 aromatic rings. The van der Waals surface area contributed by atoms with E-state index in [1.54, 1.807) is 6.92 Å². The van der Waals surface area contributed by atoms with Crippen molar-refractivity contribution < 1.29 is 14.3 Å². The maximum Gasteiger partial charge on any atom is 0.252 e. The Labute approximate surface area is 61.1 Å². The molecule has 10 heavy (non-hydrogen) atoms. The number of nitrogens with two attached hydrogens (primary N) is 1. The minimum absolute atomic E-state index is 0.282. The van der Waals surface area contributed by atoms with Gasteiger partial charge in [-0.15, -0.1) is 0 Å². The van der Waals surface area contributed by atoms with E-state index in [0.29, 0.717) is 0 Å². The minimum atomic E-state index is -0.528. The molecule has 0 rings (SSSR count). The van der Waals surface area contributed by atoms with Gasteiger partial charge in [0.2, 0.25) is 0 Å². The fourth-order valence-corrected chi connectivity index (χ4v) is 0.526. The molecule has 0 bridgehead atoms. The van der Waals surface area contributed by atoms with Gasteiger partial charge in [-0.3, -0.25) is 4.79 Å². The highest BCUT2D eigenvalue weighted by atomic mass is 16.7. The number of hydrogen-bond acceptors (Lipinski definition) is 2. The Morgan fingerprint density at radius 3 is 2.00 bits per heavy atom. The second-order valence-electron chi connectivity index (χ2n) is 3.04. The third-order valence-corrected chi connectivity index (χ3v) is 0.875. The molecule has 0 aliphatic carbocycles. The molecule has 1 amide bonds. The van der Waals surface area contributed by atoms with Gasteiger partial charge in [0.1, 0.15) is 0 Å². The number of carbonyl (C=O) groups excluding carboxylic acids is 1. The van der Waals surface area contributed by atoms with E-state index in [4.69, 9.17) is 10.6 Å². The van der Waals surface area contributed by atoms with Gasteiger partial charge >= 0.3 is 0 Å². The summed E-state index contributed by atoms with van der Waals surface area (Å²) < 4.78 is 0.282. The van der Waals surface area contributed by atoms with Crippen LogP contribution in [0.2, 0.25) is 0 Å². The fourth-order valence-electron chi connectivity index (χ4n) is 0.526. The lowest BCUT2D eigenvalue weighted by Gasteiger charge is -2.23. The molecule has 1 unspecified atom stereocenters. The van der Waals surface area contributed by atoms with Crippen LogP contribution in [0.1, 0.15) is 6.92 Å². The molecule has 0 aromatic carbocycles. The van der Waals surface area contributed by atoms with Crippen LogP contribution in [0.3, 0.4) is 0 Å². The smallest absolute Gasteiger partial charge is 0.252 e. The van der Waals surface area contributed by atoms with Gasteiger partial charge < -0.3 is 5.73 Å². The number of rotatable bonds is 3. The zero-order chi connectivity index (χ0) is 8.36. The van der Waals surface area contributed by atoms with E-state index in [0.717, 1.165) is 0 Å². The lowest BCUT2D eigenvalue weighted by atomic mass is 10.4. The second-order valence-corrected chi connectivity index (χ2v) is 3.04. The number of amides is 1. The summed E-state index contributed by atoms with van der Waals surface area (Å²) in [5.74, 6) is -0.437. The van der Waals surface area contributed by atoms with E-state index in [9.17, 15) is 4.79 Å². The first kappa shape index (κ1) is 9.39. The van der Waals surface area contributed by atoms with Gasteiger partial charge in [0.05, 0.1) is 21.1 Å². The molecule has 2 N–H and O–H groups in total. The first-order valence-electron chi connectivity index (χ1n) is 3.12. The lowest BCUT2D eigenvalue weighted by molar-refractivity contribution is -1.06. The van der Waals surface area contributed by atoms with E-state index in [2.05, 4.69) is 0 Å². The Morgan fingerprint density at radius 1 is 1.50 bits per heavy atom. The average molecular weight is 147 g/mol. The topological polar surface area (TPSA) is 52.3 Å². The molecule has 0 fully saturated rings. The van der Waals surface area contributed by atoms with E-state index in [-0.39, 0.29) is 4.65 Å². The molecule has 1 atom stereocenters. The third kappa shape index (κ3) is 4.29. The highest BCUT2D eigenvalue weighted by Crippen LogP contribution is 1.98. The number of carbonyl (C=O) groups is 1. The third-order valence-electron chi connectivity index (χ3n) is 0.875. The Balaban J connectivity index is 3.80. The van der Waals surface area contributed by atoms with Crippen LogP contribution in [0.15, 0.2) is 0 Å². The van der Waals surface area contributed by atoms with Crippen molar-refractivity contribution in [1.82, 2.24) is 0 Å². The fraction of sp³-hybridized carbons (Fsp3) is 0.833. The van der Waals surface area contributed by atoms with Gasteiger partial charge in [-0.2, -0.15) is 9.48 Å². The van der Waals surface area contributed by atoms with Crippen molar-refractivity contribution in [2.75, 3.05) is 21.1 Å². The van der Waals surface area contributed by atoms with E-state index >= 15 is 0 Å². The van der Waals surface area contributed by atoms with Gasteiger partial charge in [-0.25, -0.2) is 0 Å². The Kier molecular flexibility index (Phi) is 2.80. The second kappa shape index (κ2) is 2.98. The number of nitrogens with zero attached hydrogens (tertiary/aromatic N) is 1. The van der Waals surface area contributed by atoms with Crippen LogP contribution in [0.25, 0.3) is 0 Å². The van der Waals surface area contributed by atoms with Crippen LogP contribution in [0, 0.1) is 0 Å². The molecular formula is C6H15N2O2+. The molecule has 4 nitrogen and oxygen atoms in total. The maximum absolute atomic E-state index is 10.5. The summed E-state index contributed by atoms with van der Waals surface area (Å²) >= 11 is 0. The molecule has 0 heterocycles. The summed E-state index contributed by atoms with van der Waals surface area (Å²) in [6, 6.07) is 0. The predicted molar refractivity (Wildman–Crippen MR) is 37.8 cm³/mol. The lowest BCUT2D eigenvalue weighted by Crippen LogP contribution is -2.42. The first-order chi connectivity index (χ1) is 4.33. The molecule has 0 aliphatic rings. The Bertz CT molecular complexity index is 128. The highest BCUT2D eigenvalue weighted by Gasteiger charge is 2.18. The van der Waals surface area contributed by atoms with Crippen molar-refractivity contribution >= 4 is 5.91 Å². The van der Waals surface area contributed by atoms with E-state index in [1.807, 2.05) is 21.1 Å². The average Bonchev–Trinajstić information content (AvgIpc) is 1.60. The molecule has 0 radical (unpaired) electrons. The van der Waals surface area contributed by atoms with Gasteiger partial charge in [-0.05, 0) is 6.92 Å². The van der Waals surface area contributed by atoms with Crippen molar-refractivity contribution in [3.8, 4) is 0 Å². The van der Waals surface area contributed by atoms with Crippen LogP contribution in [-0.2, 0) is 9.63 Å². The molecule has 4 heteroatoms. The zero-order valence-corrected chi connectivity index (χ0v) is 6.92. The van der Waals surface area contributed by atoms with Crippen LogP contribution >= 0.6 is 0 Å².